The predicted octanol–water partition coefficient (Wildman–Crippen LogP) is 1.91. The lowest BCUT2D eigenvalue weighted by atomic mass is 10.1. The Morgan fingerprint density at radius 1 is 1.40 bits per heavy atom. The van der Waals surface area contributed by atoms with E-state index in [1.165, 1.54) is 17.0 Å². The summed E-state index contributed by atoms with van der Waals surface area (Å²) in [6.07, 6.45) is 1.01. The lowest BCUT2D eigenvalue weighted by Crippen LogP contribution is -2.33. The van der Waals surface area contributed by atoms with E-state index in [4.69, 9.17) is 0 Å². The average molecular weight is 276 g/mol. The summed E-state index contributed by atoms with van der Waals surface area (Å²) in [6.45, 7) is 7.68. The number of rotatable bonds is 6. The van der Waals surface area contributed by atoms with Crippen LogP contribution in [0.25, 0.3) is 0 Å². The smallest absolute Gasteiger partial charge is 0.299 e. The van der Waals surface area contributed by atoms with Crippen molar-refractivity contribution in [1.29, 1.82) is 0 Å². The van der Waals surface area contributed by atoms with E-state index in [9.17, 15) is 14.0 Å². The number of nitrogens with one attached hydrogen (secondary N) is 1. The van der Waals surface area contributed by atoms with Crippen LogP contribution in [0.2, 0.25) is 0 Å². The Morgan fingerprint density at radius 3 is 2.85 bits per heavy atom. The normalized spacial score (nSPS) is 13.8. The van der Waals surface area contributed by atoms with Gasteiger partial charge in [0.25, 0.3) is 11.7 Å². The van der Waals surface area contributed by atoms with Crippen molar-refractivity contribution in [3.8, 4) is 0 Å². The molecule has 0 radical (unpaired) electrons. The summed E-state index contributed by atoms with van der Waals surface area (Å²) in [7, 11) is 0. The molecule has 0 atom stereocenters. The fourth-order valence-corrected chi connectivity index (χ4v) is 2.15. The summed E-state index contributed by atoms with van der Waals surface area (Å²) >= 11 is 0. The number of hydrogen-bond acceptors (Lipinski definition) is 3. The molecule has 1 heterocycles. The molecular formula is C15H17FN2O2. The molecule has 0 saturated heterocycles. The highest BCUT2D eigenvalue weighted by molar-refractivity contribution is 6.52. The van der Waals surface area contributed by atoms with Crippen LogP contribution in [0, 0.1) is 5.82 Å². The van der Waals surface area contributed by atoms with Crippen LogP contribution >= 0.6 is 0 Å². The molecule has 106 valence electrons. The van der Waals surface area contributed by atoms with E-state index in [1.54, 1.807) is 0 Å². The number of fused-ring (bicyclic) bond motifs is 1. The molecular weight excluding hydrogens is 259 g/mol. The third-order valence-corrected chi connectivity index (χ3v) is 3.12. The number of benzene rings is 1. The minimum Gasteiger partial charge on any atom is -0.313 e. The number of nitrogens with zero attached hydrogens (tertiary/aromatic N) is 1. The Balaban J connectivity index is 2.12. The van der Waals surface area contributed by atoms with Crippen LogP contribution in [0.5, 0.6) is 0 Å². The summed E-state index contributed by atoms with van der Waals surface area (Å²) in [6, 6.07) is 3.81. The molecule has 0 saturated carbocycles. The van der Waals surface area contributed by atoms with E-state index in [1.807, 2.05) is 0 Å². The van der Waals surface area contributed by atoms with Crippen molar-refractivity contribution in [2.75, 3.05) is 24.5 Å². The number of Topliss-reactive ketones (excluding diaryl/α,β-unsaturated/α-hetero) is 1. The van der Waals surface area contributed by atoms with E-state index >= 15 is 0 Å². The maximum absolute atomic E-state index is 13.1. The second-order valence-electron chi connectivity index (χ2n) is 4.81. The van der Waals surface area contributed by atoms with E-state index in [0.29, 0.717) is 12.2 Å². The van der Waals surface area contributed by atoms with Crippen molar-refractivity contribution >= 4 is 17.4 Å². The van der Waals surface area contributed by atoms with Crippen molar-refractivity contribution in [3.05, 3.63) is 41.7 Å². The molecule has 20 heavy (non-hydrogen) atoms. The lowest BCUT2D eigenvalue weighted by molar-refractivity contribution is -0.114. The Bertz CT molecular complexity index is 569. The molecule has 0 aliphatic carbocycles. The molecule has 0 aromatic heterocycles. The molecule has 1 amide bonds. The Kier molecular flexibility index (Phi) is 4.29. The summed E-state index contributed by atoms with van der Waals surface area (Å²) in [5.74, 6) is -1.80. The molecule has 0 unspecified atom stereocenters. The summed E-state index contributed by atoms with van der Waals surface area (Å²) in [5.41, 5.74) is 1.39. The van der Waals surface area contributed by atoms with Crippen molar-refractivity contribution in [2.45, 2.75) is 13.3 Å². The topological polar surface area (TPSA) is 49.4 Å². The van der Waals surface area contributed by atoms with Crippen LogP contribution in [-0.2, 0) is 4.79 Å². The third-order valence-electron chi connectivity index (χ3n) is 3.12. The first-order chi connectivity index (χ1) is 9.54. The minimum absolute atomic E-state index is 0.129. The van der Waals surface area contributed by atoms with Gasteiger partial charge in [0.2, 0.25) is 0 Å². The zero-order valence-corrected chi connectivity index (χ0v) is 11.4. The maximum Gasteiger partial charge on any atom is 0.299 e. The van der Waals surface area contributed by atoms with Gasteiger partial charge in [-0.05, 0) is 36.7 Å². The van der Waals surface area contributed by atoms with E-state index in [2.05, 4.69) is 18.8 Å². The van der Waals surface area contributed by atoms with Crippen molar-refractivity contribution < 1.29 is 14.0 Å². The van der Waals surface area contributed by atoms with Gasteiger partial charge in [0.05, 0.1) is 11.3 Å². The molecule has 0 spiro atoms. The first kappa shape index (κ1) is 14.4. The van der Waals surface area contributed by atoms with Gasteiger partial charge in [-0.1, -0.05) is 13.5 Å². The van der Waals surface area contributed by atoms with Crippen molar-refractivity contribution in [2.24, 2.45) is 0 Å². The largest absolute Gasteiger partial charge is 0.313 e. The molecule has 0 fully saturated rings. The van der Waals surface area contributed by atoms with Gasteiger partial charge in [-0.25, -0.2) is 4.39 Å². The molecule has 2 rings (SSSR count). The van der Waals surface area contributed by atoms with Gasteiger partial charge >= 0.3 is 0 Å². The highest BCUT2D eigenvalue weighted by Crippen LogP contribution is 2.29. The average Bonchev–Trinajstić information content (AvgIpc) is 2.64. The molecule has 5 heteroatoms. The number of anilines is 1. The molecule has 1 N–H and O–H groups in total. The quantitative estimate of drug-likeness (QED) is 0.490. The molecule has 0 bridgehead atoms. The number of carbonyl (C=O) groups is 2. The van der Waals surface area contributed by atoms with Crippen LogP contribution in [0.4, 0.5) is 10.1 Å². The summed E-state index contributed by atoms with van der Waals surface area (Å²) in [5, 5.41) is 3.19. The Hall–Kier alpha value is -2.01. The van der Waals surface area contributed by atoms with Gasteiger partial charge in [0, 0.05) is 13.1 Å². The zero-order valence-electron chi connectivity index (χ0n) is 11.4. The van der Waals surface area contributed by atoms with Crippen molar-refractivity contribution in [1.82, 2.24) is 5.32 Å². The van der Waals surface area contributed by atoms with Crippen molar-refractivity contribution in [3.63, 3.8) is 0 Å². The predicted molar refractivity (Wildman–Crippen MR) is 75.4 cm³/mol. The number of ketones is 1. The second kappa shape index (κ2) is 5.96. The third kappa shape index (κ3) is 2.77. The molecule has 1 aromatic rings. The minimum atomic E-state index is -0.659. The van der Waals surface area contributed by atoms with Crippen LogP contribution in [0.3, 0.4) is 0 Å². The van der Waals surface area contributed by atoms with Crippen LogP contribution < -0.4 is 10.2 Å². The number of carbonyl (C=O) groups excluding carboxylic acids is 2. The van der Waals surface area contributed by atoms with Gasteiger partial charge in [0.15, 0.2) is 0 Å². The van der Waals surface area contributed by atoms with Crippen LogP contribution in [0.15, 0.2) is 30.4 Å². The second-order valence-corrected chi connectivity index (χ2v) is 4.81. The molecule has 4 nitrogen and oxygen atoms in total. The monoisotopic (exact) mass is 276 g/mol. The van der Waals surface area contributed by atoms with E-state index in [0.717, 1.165) is 24.6 Å². The zero-order chi connectivity index (χ0) is 14.7. The molecule has 1 aliphatic rings. The van der Waals surface area contributed by atoms with Crippen LogP contribution in [-0.4, -0.2) is 31.3 Å². The van der Waals surface area contributed by atoms with Gasteiger partial charge in [-0.3, -0.25) is 9.59 Å². The fourth-order valence-electron chi connectivity index (χ4n) is 2.15. The molecule has 1 aliphatic heterocycles. The first-order valence-corrected chi connectivity index (χ1v) is 6.57. The van der Waals surface area contributed by atoms with E-state index < -0.39 is 17.5 Å². The highest BCUT2D eigenvalue weighted by atomic mass is 19.1. The van der Waals surface area contributed by atoms with Crippen LogP contribution in [0.1, 0.15) is 23.7 Å². The fraction of sp³-hybridized carbons (Fsp3) is 0.333. The van der Waals surface area contributed by atoms with Gasteiger partial charge in [-0.15, -0.1) is 0 Å². The SMILES string of the molecule is C=C(CNCCC)CN1C(=O)C(=O)c2cc(F)ccc21. The van der Waals surface area contributed by atoms with Gasteiger partial charge in [0.1, 0.15) is 5.82 Å². The Labute approximate surface area is 117 Å². The number of halogens is 1. The summed E-state index contributed by atoms with van der Waals surface area (Å²) < 4.78 is 13.1. The lowest BCUT2D eigenvalue weighted by Gasteiger charge is -2.18. The summed E-state index contributed by atoms with van der Waals surface area (Å²) in [4.78, 5) is 25.1. The molecule has 1 aromatic carbocycles. The Morgan fingerprint density at radius 2 is 2.15 bits per heavy atom. The highest BCUT2D eigenvalue weighted by Gasteiger charge is 2.35. The standard InChI is InChI=1S/C15H17FN2O2/c1-3-6-17-8-10(2)9-18-13-5-4-11(16)7-12(13)14(19)15(18)20/h4-5,7,17H,2-3,6,8-9H2,1H3. The van der Waals surface area contributed by atoms with E-state index in [-0.39, 0.29) is 12.1 Å². The van der Waals surface area contributed by atoms with Gasteiger partial charge < -0.3 is 10.2 Å². The maximum atomic E-state index is 13.1. The number of hydrogen-bond donors (Lipinski definition) is 1. The van der Waals surface area contributed by atoms with Gasteiger partial charge in [-0.2, -0.15) is 0 Å². The first-order valence-electron chi connectivity index (χ1n) is 6.57. The number of amides is 1.